The fraction of sp³-hybridized carbons (Fsp3) is 0.429. The van der Waals surface area contributed by atoms with E-state index >= 15 is 0 Å². The molecule has 3 aromatic rings. The van der Waals surface area contributed by atoms with Crippen LogP contribution in [0.5, 0.6) is 0 Å². The number of hydrogen-bond acceptors (Lipinski definition) is 4. The number of carbonyl (C=O) groups is 1. The molecule has 0 aliphatic rings. The maximum absolute atomic E-state index is 12.8. The standard InChI is InChI=1S/C21H27N5O2/c1-14(2)9-10-22-19(27)8-7-18-23-24-20-21(28)25(11-12-26(18)20)17-6-5-15(3)16(4)13-17/h5-6,11-14H,7-10H2,1-4H3,(H,22,27). The van der Waals surface area contributed by atoms with Crippen molar-refractivity contribution >= 4 is 11.6 Å². The number of amides is 1. The molecule has 1 aromatic carbocycles. The molecule has 0 aliphatic carbocycles. The normalized spacial score (nSPS) is 11.3. The number of rotatable bonds is 7. The summed E-state index contributed by atoms with van der Waals surface area (Å²) in [6.07, 6.45) is 5.20. The van der Waals surface area contributed by atoms with Crippen molar-refractivity contribution in [2.24, 2.45) is 5.92 Å². The number of aromatic nitrogens is 4. The smallest absolute Gasteiger partial charge is 0.300 e. The first-order chi connectivity index (χ1) is 13.4. The van der Waals surface area contributed by atoms with Crippen LogP contribution in [-0.2, 0) is 11.2 Å². The topological polar surface area (TPSA) is 81.3 Å². The number of nitrogens with one attached hydrogen (secondary N) is 1. The summed E-state index contributed by atoms with van der Waals surface area (Å²) in [5, 5.41) is 11.1. The van der Waals surface area contributed by atoms with Gasteiger partial charge >= 0.3 is 5.56 Å². The van der Waals surface area contributed by atoms with Crippen LogP contribution < -0.4 is 10.9 Å². The van der Waals surface area contributed by atoms with Crippen LogP contribution in [0.2, 0.25) is 0 Å². The van der Waals surface area contributed by atoms with Crippen LogP contribution in [0, 0.1) is 19.8 Å². The van der Waals surface area contributed by atoms with E-state index in [0.29, 0.717) is 31.1 Å². The lowest BCUT2D eigenvalue weighted by Crippen LogP contribution is -2.25. The quantitative estimate of drug-likeness (QED) is 0.682. The third-order valence-electron chi connectivity index (χ3n) is 4.93. The highest BCUT2D eigenvalue weighted by Crippen LogP contribution is 2.13. The Labute approximate surface area is 164 Å². The number of benzene rings is 1. The maximum atomic E-state index is 12.8. The van der Waals surface area contributed by atoms with Gasteiger partial charge in [0.25, 0.3) is 0 Å². The van der Waals surface area contributed by atoms with E-state index in [1.807, 2.05) is 32.0 Å². The van der Waals surface area contributed by atoms with Crippen LogP contribution >= 0.6 is 0 Å². The summed E-state index contributed by atoms with van der Waals surface area (Å²) in [6, 6.07) is 5.89. The summed E-state index contributed by atoms with van der Waals surface area (Å²) in [6.45, 7) is 8.98. The largest absolute Gasteiger partial charge is 0.356 e. The van der Waals surface area contributed by atoms with Crippen molar-refractivity contribution < 1.29 is 4.79 Å². The van der Waals surface area contributed by atoms with Crippen LogP contribution in [0.4, 0.5) is 0 Å². The molecule has 0 saturated heterocycles. The Morgan fingerprint density at radius 3 is 2.64 bits per heavy atom. The lowest BCUT2D eigenvalue weighted by Gasteiger charge is -2.09. The molecule has 1 amide bonds. The van der Waals surface area contributed by atoms with Crippen molar-refractivity contribution in [3.8, 4) is 5.69 Å². The summed E-state index contributed by atoms with van der Waals surface area (Å²) >= 11 is 0. The second kappa shape index (κ2) is 8.37. The number of fused-ring (bicyclic) bond motifs is 1. The molecular weight excluding hydrogens is 354 g/mol. The van der Waals surface area contributed by atoms with Crippen molar-refractivity contribution in [2.45, 2.75) is 47.0 Å². The Morgan fingerprint density at radius 2 is 1.93 bits per heavy atom. The second-order valence-electron chi connectivity index (χ2n) is 7.58. The molecule has 0 fully saturated rings. The minimum absolute atomic E-state index is 0.0131. The molecule has 7 heteroatoms. The molecule has 0 radical (unpaired) electrons. The molecule has 3 rings (SSSR count). The van der Waals surface area contributed by atoms with Gasteiger partial charge in [-0.25, -0.2) is 0 Å². The minimum atomic E-state index is -0.231. The SMILES string of the molecule is Cc1ccc(-n2ccn3c(CCC(=O)NCCC(C)C)nnc3c2=O)cc1C. The molecule has 148 valence electrons. The molecule has 28 heavy (non-hydrogen) atoms. The number of carbonyl (C=O) groups excluding carboxylic acids is 1. The van der Waals surface area contributed by atoms with Gasteiger partial charge in [0.1, 0.15) is 5.82 Å². The van der Waals surface area contributed by atoms with Gasteiger partial charge in [0.15, 0.2) is 0 Å². The maximum Gasteiger partial charge on any atom is 0.300 e. The van der Waals surface area contributed by atoms with E-state index in [2.05, 4.69) is 29.4 Å². The van der Waals surface area contributed by atoms with Gasteiger partial charge in [-0.05, 0) is 49.4 Å². The highest BCUT2D eigenvalue weighted by molar-refractivity contribution is 5.76. The van der Waals surface area contributed by atoms with E-state index in [1.165, 1.54) is 5.56 Å². The van der Waals surface area contributed by atoms with Crippen molar-refractivity contribution in [1.29, 1.82) is 0 Å². The molecule has 0 saturated carbocycles. The zero-order valence-corrected chi connectivity index (χ0v) is 16.9. The molecule has 7 nitrogen and oxygen atoms in total. The molecule has 2 aromatic heterocycles. The Kier molecular flexibility index (Phi) is 5.92. The molecule has 0 atom stereocenters. The lowest BCUT2D eigenvalue weighted by molar-refractivity contribution is -0.121. The Hall–Kier alpha value is -2.96. The zero-order chi connectivity index (χ0) is 20.3. The molecule has 0 spiro atoms. The van der Waals surface area contributed by atoms with Gasteiger partial charge in [0.05, 0.1) is 0 Å². The van der Waals surface area contributed by atoms with Gasteiger partial charge in [0, 0.05) is 37.5 Å². The fourth-order valence-electron chi connectivity index (χ4n) is 3.00. The Bertz CT molecular complexity index is 1050. The van der Waals surface area contributed by atoms with Crippen LogP contribution in [-0.4, -0.2) is 31.6 Å². The van der Waals surface area contributed by atoms with E-state index in [1.54, 1.807) is 21.4 Å². The monoisotopic (exact) mass is 381 g/mol. The Morgan fingerprint density at radius 1 is 1.14 bits per heavy atom. The number of nitrogens with zero attached hydrogens (tertiary/aromatic N) is 4. The van der Waals surface area contributed by atoms with Gasteiger partial charge in [-0.3, -0.25) is 18.6 Å². The van der Waals surface area contributed by atoms with Gasteiger partial charge in [-0.2, -0.15) is 0 Å². The molecule has 1 N–H and O–H groups in total. The number of hydrogen-bond donors (Lipinski definition) is 1. The first kappa shape index (κ1) is 19.8. The van der Waals surface area contributed by atoms with Crippen LogP contribution in [0.3, 0.4) is 0 Å². The summed E-state index contributed by atoms with van der Waals surface area (Å²) in [5.74, 6) is 1.15. The summed E-state index contributed by atoms with van der Waals surface area (Å²) < 4.78 is 3.24. The highest BCUT2D eigenvalue weighted by Gasteiger charge is 2.13. The van der Waals surface area contributed by atoms with E-state index in [4.69, 9.17) is 0 Å². The predicted molar refractivity (Wildman–Crippen MR) is 109 cm³/mol. The first-order valence-electron chi connectivity index (χ1n) is 9.66. The van der Waals surface area contributed by atoms with E-state index in [-0.39, 0.29) is 17.1 Å². The molecule has 0 bridgehead atoms. The van der Waals surface area contributed by atoms with Crippen LogP contribution in [0.15, 0.2) is 35.4 Å². The van der Waals surface area contributed by atoms with Crippen LogP contribution in [0.1, 0.15) is 43.6 Å². The van der Waals surface area contributed by atoms with E-state index in [9.17, 15) is 9.59 Å². The predicted octanol–water partition coefficient (Wildman–Crippen LogP) is 2.59. The third-order valence-corrected chi connectivity index (χ3v) is 4.93. The summed E-state index contributed by atoms with van der Waals surface area (Å²) in [4.78, 5) is 24.8. The average molecular weight is 381 g/mol. The zero-order valence-electron chi connectivity index (χ0n) is 16.9. The molecule has 0 unspecified atom stereocenters. The second-order valence-corrected chi connectivity index (χ2v) is 7.58. The first-order valence-corrected chi connectivity index (χ1v) is 9.66. The summed E-state index contributed by atoms with van der Waals surface area (Å²) in [7, 11) is 0. The highest BCUT2D eigenvalue weighted by atomic mass is 16.1. The average Bonchev–Trinajstić information content (AvgIpc) is 3.06. The van der Waals surface area contributed by atoms with E-state index < -0.39 is 0 Å². The van der Waals surface area contributed by atoms with Crippen molar-refractivity contribution in [1.82, 2.24) is 24.5 Å². The third kappa shape index (κ3) is 4.30. The van der Waals surface area contributed by atoms with Gasteiger partial charge in [-0.1, -0.05) is 19.9 Å². The lowest BCUT2D eigenvalue weighted by atomic mass is 10.1. The summed E-state index contributed by atoms with van der Waals surface area (Å²) in [5.41, 5.74) is 3.12. The molecular formula is C21H27N5O2. The Balaban J connectivity index is 1.77. The minimum Gasteiger partial charge on any atom is -0.356 e. The van der Waals surface area contributed by atoms with E-state index in [0.717, 1.165) is 17.7 Å². The number of aryl methyl sites for hydroxylation is 3. The van der Waals surface area contributed by atoms with Crippen molar-refractivity contribution in [2.75, 3.05) is 6.54 Å². The van der Waals surface area contributed by atoms with Gasteiger partial charge in [-0.15, -0.1) is 10.2 Å². The fourth-order valence-corrected chi connectivity index (χ4v) is 3.00. The van der Waals surface area contributed by atoms with Gasteiger partial charge in [0.2, 0.25) is 11.6 Å². The van der Waals surface area contributed by atoms with Crippen LogP contribution in [0.25, 0.3) is 11.3 Å². The molecule has 0 aliphatic heterocycles. The molecule has 2 heterocycles. The van der Waals surface area contributed by atoms with Gasteiger partial charge < -0.3 is 5.32 Å². The van der Waals surface area contributed by atoms with Crippen molar-refractivity contribution in [3.05, 3.63) is 57.9 Å². The van der Waals surface area contributed by atoms with Crippen molar-refractivity contribution in [3.63, 3.8) is 0 Å².